The summed E-state index contributed by atoms with van der Waals surface area (Å²) in [7, 11) is 1.80. The summed E-state index contributed by atoms with van der Waals surface area (Å²) >= 11 is 6.21. The van der Waals surface area contributed by atoms with Crippen LogP contribution in [-0.2, 0) is 16.0 Å². The van der Waals surface area contributed by atoms with Crippen molar-refractivity contribution in [1.29, 1.82) is 0 Å². The van der Waals surface area contributed by atoms with Gasteiger partial charge in [0.15, 0.2) is 0 Å². The largest absolute Gasteiger partial charge is 0.444 e. The Labute approximate surface area is 208 Å². The second-order valence-corrected chi connectivity index (χ2v) is 11.4. The highest BCUT2D eigenvalue weighted by atomic mass is 35.5. The van der Waals surface area contributed by atoms with Crippen LogP contribution in [0.2, 0.25) is 5.02 Å². The van der Waals surface area contributed by atoms with Crippen molar-refractivity contribution in [1.82, 2.24) is 14.8 Å². The van der Waals surface area contributed by atoms with Gasteiger partial charge in [-0.15, -0.1) is 0 Å². The number of hydrogen-bond acceptors (Lipinski definition) is 3. The fourth-order valence-corrected chi connectivity index (χ4v) is 5.83. The lowest BCUT2D eigenvalue weighted by atomic mass is 9.80. The fourth-order valence-electron chi connectivity index (χ4n) is 5.66. The zero-order valence-corrected chi connectivity index (χ0v) is 21.9. The van der Waals surface area contributed by atoms with E-state index in [9.17, 15) is 9.59 Å². The number of rotatable bonds is 4. The van der Waals surface area contributed by atoms with Crippen LogP contribution in [0.5, 0.6) is 0 Å². The SMILES string of the molecule is CCC1c2[nH]c3cc(Cl)ccc3c2CCN1C(=O)[C@H]1CC[C@H](CN(C)C(=O)OC(C)(C)C)CC1. The number of carbonyl (C=O) groups is 2. The molecule has 186 valence electrons. The second-order valence-electron chi connectivity index (χ2n) is 11.0. The number of amides is 2. The summed E-state index contributed by atoms with van der Waals surface area (Å²) in [5.74, 6) is 0.764. The Morgan fingerprint density at radius 1 is 1.21 bits per heavy atom. The van der Waals surface area contributed by atoms with E-state index < -0.39 is 5.60 Å². The van der Waals surface area contributed by atoms with Gasteiger partial charge in [-0.1, -0.05) is 24.6 Å². The molecule has 2 heterocycles. The number of H-pyrrole nitrogens is 1. The highest BCUT2D eigenvalue weighted by Crippen LogP contribution is 2.39. The van der Waals surface area contributed by atoms with Crippen LogP contribution in [0.25, 0.3) is 10.9 Å². The highest BCUT2D eigenvalue weighted by Gasteiger charge is 2.37. The molecule has 34 heavy (non-hydrogen) atoms. The van der Waals surface area contributed by atoms with Crippen LogP contribution in [0.15, 0.2) is 18.2 Å². The first-order chi connectivity index (χ1) is 16.1. The molecule has 1 saturated carbocycles. The minimum atomic E-state index is -0.489. The maximum atomic E-state index is 13.6. The van der Waals surface area contributed by atoms with Crippen molar-refractivity contribution < 1.29 is 14.3 Å². The molecule has 1 unspecified atom stereocenters. The van der Waals surface area contributed by atoms with E-state index >= 15 is 0 Å². The molecule has 2 amide bonds. The minimum Gasteiger partial charge on any atom is -0.444 e. The van der Waals surface area contributed by atoms with Gasteiger partial charge in [0, 0.05) is 47.7 Å². The van der Waals surface area contributed by atoms with Crippen LogP contribution in [0, 0.1) is 11.8 Å². The molecule has 2 aliphatic rings. The van der Waals surface area contributed by atoms with E-state index in [1.165, 1.54) is 16.6 Å². The van der Waals surface area contributed by atoms with E-state index in [1.54, 1.807) is 11.9 Å². The third-order valence-corrected chi connectivity index (χ3v) is 7.55. The van der Waals surface area contributed by atoms with Crippen molar-refractivity contribution in [2.75, 3.05) is 20.1 Å². The van der Waals surface area contributed by atoms with Crippen LogP contribution in [0.4, 0.5) is 4.79 Å². The molecule has 0 radical (unpaired) electrons. The van der Waals surface area contributed by atoms with Crippen LogP contribution >= 0.6 is 11.6 Å². The summed E-state index contributed by atoms with van der Waals surface area (Å²) in [5, 5.41) is 1.95. The maximum absolute atomic E-state index is 13.6. The van der Waals surface area contributed by atoms with Crippen LogP contribution in [0.3, 0.4) is 0 Å². The van der Waals surface area contributed by atoms with Crippen LogP contribution in [-0.4, -0.2) is 52.5 Å². The Bertz CT molecular complexity index is 1050. The van der Waals surface area contributed by atoms with Gasteiger partial charge in [-0.3, -0.25) is 4.79 Å². The number of nitrogens with one attached hydrogen (secondary N) is 1. The number of carbonyl (C=O) groups excluding carboxylic acids is 2. The number of aromatic amines is 1. The Balaban J connectivity index is 1.38. The zero-order chi connectivity index (χ0) is 24.6. The lowest BCUT2D eigenvalue weighted by Crippen LogP contribution is -2.44. The van der Waals surface area contributed by atoms with Gasteiger partial charge in [-0.2, -0.15) is 0 Å². The third kappa shape index (κ3) is 5.22. The van der Waals surface area contributed by atoms with E-state index in [0.29, 0.717) is 12.5 Å². The standard InChI is InChI=1S/C27H38ClN3O3/c1-6-23-24-21(20-12-11-19(28)15-22(20)29-24)13-14-31(23)25(32)18-9-7-17(8-10-18)16-30(5)26(33)34-27(2,3)4/h11-12,15,17-18,23,29H,6-10,13-14,16H2,1-5H3/t17-,18-,23?. The van der Waals surface area contributed by atoms with Crippen LogP contribution in [0.1, 0.15) is 77.1 Å². The molecule has 1 aromatic heterocycles. The highest BCUT2D eigenvalue weighted by molar-refractivity contribution is 6.31. The molecule has 1 aliphatic carbocycles. The van der Waals surface area contributed by atoms with Gasteiger partial charge in [0.2, 0.25) is 5.91 Å². The Morgan fingerprint density at radius 2 is 1.91 bits per heavy atom. The first-order valence-electron chi connectivity index (χ1n) is 12.6. The zero-order valence-electron chi connectivity index (χ0n) is 21.1. The van der Waals surface area contributed by atoms with Crippen molar-refractivity contribution in [3.05, 3.63) is 34.5 Å². The van der Waals surface area contributed by atoms with E-state index in [0.717, 1.165) is 55.6 Å². The summed E-state index contributed by atoms with van der Waals surface area (Å²) in [4.78, 5) is 33.3. The van der Waals surface area contributed by atoms with E-state index in [1.807, 2.05) is 32.9 Å². The smallest absolute Gasteiger partial charge is 0.410 e. The molecule has 1 atom stereocenters. The van der Waals surface area contributed by atoms with Crippen molar-refractivity contribution >= 4 is 34.5 Å². The number of nitrogens with zero attached hydrogens (tertiary/aromatic N) is 2. The molecular formula is C27H38ClN3O3. The lowest BCUT2D eigenvalue weighted by molar-refractivity contribution is -0.140. The average molecular weight is 488 g/mol. The quantitative estimate of drug-likeness (QED) is 0.547. The molecule has 0 spiro atoms. The number of halogens is 1. The van der Waals surface area contributed by atoms with Crippen molar-refractivity contribution in [3.8, 4) is 0 Å². The summed E-state index contributed by atoms with van der Waals surface area (Å²) in [6.07, 6.45) is 5.17. The molecule has 1 aromatic carbocycles. The fraction of sp³-hybridized carbons (Fsp3) is 0.630. The average Bonchev–Trinajstić information content (AvgIpc) is 3.14. The monoisotopic (exact) mass is 487 g/mol. The van der Waals surface area contributed by atoms with Crippen LogP contribution < -0.4 is 0 Å². The normalized spacial score (nSPS) is 23.0. The molecule has 1 N–H and O–H groups in total. The van der Waals surface area contributed by atoms with E-state index in [4.69, 9.17) is 16.3 Å². The number of hydrogen-bond donors (Lipinski definition) is 1. The Kier molecular flexibility index (Phi) is 7.18. The molecule has 0 bridgehead atoms. The maximum Gasteiger partial charge on any atom is 0.410 e. The number of ether oxygens (including phenoxy) is 1. The van der Waals surface area contributed by atoms with Crippen molar-refractivity contribution in [3.63, 3.8) is 0 Å². The van der Waals surface area contributed by atoms with Gasteiger partial charge in [-0.05, 0) is 82.9 Å². The van der Waals surface area contributed by atoms with Gasteiger partial charge < -0.3 is 19.5 Å². The molecule has 1 aliphatic heterocycles. The van der Waals surface area contributed by atoms with Gasteiger partial charge >= 0.3 is 6.09 Å². The predicted octanol–water partition coefficient (Wildman–Crippen LogP) is 6.33. The van der Waals surface area contributed by atoms with Gasteiger partial charge in [0.25, 0.3) is 0 Å². The summed E-state index contributed by atoms with van der Waals surface area (Å²) in [5.41, 5.74) is 3.07. The van der Waals surface area contributed by atoms with E-state index in [2.05, 4.69) is 22.9 Å². The van der Waals surface area contributed by atoms with Gasteiger partial charge in [-0.25, -0.2) is 4.79 Å². The predicted molar refractivity (Wildman–Crippen MR) is 136 cm³/mol. The lowest BCUT2D eigenvalue weighted by Gasteiger charge is -2.39. The Hall–Kier alpha value is -2.21. The molecule has 0 saturated heterocycles. The minimum absolute atomic E-state index is 0.0671. The number of fused-ring (bicyclic) bond motifs is 3. The summed E-state index contributed by atoms with van der Waals surface area (Å²) < 4.78 is 5.48. The first kappa shape index (κ1) is 24.9. The number of benzene rings is 1. The third-order valence-electron chi connectivity index (χ3n) is 7.32. The molecule has 6 nitrogen and oxygen atoms in total. The molecular weight excluding hydrogens is 450 g/mol. The van der Waals surface area contributed by atoms with Gasteiger partial charge in [0.05, 0.1) is 6.04 Å². The van der Waals surface area contributed by atoms with Crippen molar-refractivity contribution in [2.45, 2.75) is 77.9 Å². The Morgan fingerprint density at radius 3 is 2.56 bits per heavy atom. The van der Waals surface area contributed by atoms with Crippen molar-refractivity contribution in [2.24, 2.45) is 11.8 Å². The summed E-state index contributed by atoms with van der Waals surface area (Å²) in [6, 6.07) is 6.09. The topological polar surface area (TPSA) is 65.6 Å². The molecule has 7 heteroatoms. The molecule has 2 aromatic rings. The summed E-state index contributed by atoms with van der Waals surface area (Å²) in [6.45, 7) is 9.25. The first-order valence-corrected chi connectivity index (χ1v) is 13.0. The second kappa shape index (κ2) is 9.80. The van der Waals surface area contributed by atoms with Gasteiger partial charge in [0.1, 0.15) is 5.60 Å². The molecule has 4 rings (SSSR count). The van der Waals surface area contributed by atoms with E-state index in [-0.39, 0.29) is 24.0 Å². The molecule has 1 fully saturated rings. The number of aromatic nitrogens is 1.